The van der Waals surface area contributed by atoms with Crippen LogP contribution >= 0.6 is 24.0 Å². The van der Waals surface area contributed by atoms with Gasteiger partial charge < -0.3 is 30.0 Å². The Morgan fingerprint density at radius 2 is 1.88 bits per heavy atom. The van der Waals surface area contributed by atoms with E-state index >= 15 is 0 Å². The number of ether oxygens (including phenoxy) is 3. The van der Waals surface area contributed by atoms with Crippen molar-refractivity contribution >= 4 is 29.9 Å². The van der Waals surface area contributed by atoms with Crippen molar-refractivity contribution in [3.05, 3.63) is 54.1 Å². The highest BCUT2D eigenvalue weighted by Gasteiger charge is 2.34. The average molecular weight is 555 g/mol. The van der Waals surface area contributed by atoms with E-state index in [-0.39, 0.29) is 36.0 Å². The van der Waals surface area contributed by atoms with Crippen LogP contribution in [0.1, 0.15) is 25.3 Å². The van der Waals surface area contributed by atoms with Gasteiger partial charge in [0.05, 0.1) is 20.3 Å². The van der Waals surface area contributed by atoms with E-state index in [2.05, 4.69) is 10.6 Å². The number of aliphatic hydroxyl groups is 1. The van der Waals surface area contributed by atoms with Crippen LogP contribution in [0.4, 0.5) is 0 Å². The third-order valence-electron chi connectivity index (χ3n) is 5.44. The van der Waals surface area contributed by atoms with Crippen LogP contribution in [-0.2, 0) is 11.3 Å². The number of benzene rings is 2. The highest BCUT2D eigenvalue weighted by molar-refractivity contribution is 14.0. The number of nitrogens with one attached hydrogen (secondary N) is 2. The van der Waals surface area contributed by atoms with Gasteiger partial charge in [0.1, 0.15) is 5.75 Å². The molecule has 1 aliphatic rings. The summed E-state index contributed by atoms with van der Waals surface area (Å²) in [5, 5.41) is 16.1. The molecule has 2 aromatic carbocycles. The molecule has 2 aromatic rings. The highest BCUT2D eigenvalue weighted by atomic mass is 127. The molecule has 1 fully saturated rings. The molecule has 3 N–H and O–H groups in total. The second-order valence-corrected chi connectivity index (χ2v) is 7.72. The molecule has 1 atom stereocenters. The summed E-state index contributed by atoms with van der Waals surface area (Å²) in [6.45, 7) is 5.69. The zero-order valence-corrected chi connectivity index (χ0v) is 21.1. The number of hydrogen-bond donors (Lipinski definition) is 3. The summed E-state index contributed by atoms with van der Waals surface area (Å²) in [7, 11) is 1.63. The van der Waals surface area contributed by atoms with E-state index in [1.54, 1.807) is 7.11 Å². The zero-order chi connectivity index (χ0) is 21.9. The summed E-state index contributed by atoms with van der Waals surface area (Å²) in [5.41, 5.74) is 1.06. The first kappa shape index (κ1) is 26.2. The van der Waals surface area contributed by atoms with E-state index in [0.29, 0.717) is 24.7 Å². The Bertz CT molecular complexity index is 839. The Labute approximate surface area is 207 Å². The molecule has 0 saturated carbocycles. The molecule has 1 saturated heterocycles. The third-order valence-corrected chi connectivity index (χ3v) is 5.44. The first-order valence-corrected chi connectivity index (χ1v) is 10.8. The molecule has 3 rings (SSSR count). The maximum Gasteiger partial charge on any atom is 0.191 e. The molecule has 8 heteroatoms. The summed E-state index contributed by atoms with van der Waals surface area (Å²) in [4.78, 5) is 4.71. The van der Waals surface area contributed by atoms with E-state index in [1.807, 2.05) is 55.5 Å². The van der Waals surface area contributed by atoms with Gasteiger partial charge in [-0.25, -0.2) is 4.99 Å². The predicted octanol–water partition coefficient (Wildman–Crippen LogP) is 3.95. The second-order valence-electron chi connectivity index (χ2n) is 7.72. The molecule has 1 heterocycles. The average Bonchev–Trinajstić information content (AvgIpc) is 3.26. The van der Waals surface area contributed by atoms with Crippen molar-refractivity contribution in [3.63, 3.8) is 0 Å². The predicted molar refractivity (Wildman–Crippen MR) is 137 cm³/mol. The lowest BCUT2D eigenvalue weighted by Gasteiger charge is -2.27. The number of hydrogen-bond acceptors (Lipinski definition) is 5. The highest BCUT2D eigenvalue weighted by Crippen LogP contribution is 2.32. The maximum atomic E-state index is 9.41. The van der Waals surface area contributed by atoms with Crippen LogP contribution < -0.4 is 20.1 Å². The van der Waals surface area contributed by atoms with Crippen molar-refractivity contribution in [1.82, 2.24) is 10.6 Å². The number of methoxy groups -OCH3 is 1. The molecule has 1 aliphatic heterocycles. The molecular weight excluding hydrogens is 521 g/mol. The molecule has 0 radical (unpaired) electrons. The smallest absolute Gasteiger partial charge is 0.191 e. The number of guanidine groups is 1. The zero-order valence-electron chi connectivity index (χ0n) is 18.8. The van der Waals surface area contributed by atoms with Gasteiger partial charge in [-0.2, -0.15) is 0 Å². The van der Waals surface area contributed by atoms with Gasteiger partial charge >= 0.3 is 0 Å². The summed E-state index contributed by atoms with van der Waals surface area (Å²) in [6.07, 6.45) is 1.68. The minimum atomic E-state index is -0.0254. The Kier molecular flexibility index (Phi) is 11.1. The van der Waals surface area contributed by atoms with E-state index in [9.17, 15) is 5.11 Å². The van der Waals surface area contributed by atoms with Crippen LogP contribution in [0.2, 0.25) is 0 Å². The number of halogens is 1. The first-order valence-electron chi connectivity index (χ1n) is 10.8. The second kappa shape index (κ2) is 13.5. The van der Waals surface area contributed by atoms with Gasteiger partial charge in [-0.15, -0.1) is 24.0 Å². The van der Waals surface area contributed by atoms with Crippen molar-refractivity contribution in [2.45, 2.75) is 26.3 Å². The van der Waals surface area contributed by atoms with Crippen LogP contribution in [0.3, 0.4) is 0 Å². The fourth-order valence-corrected chi connectivity index (χ4v) is 3.59. The minimum Gasteiger partial charge on any atom is -0.493 e. The summed E-state index contributed by atoms with van der Waals surface area (Å²) < 4.78 is 16.8. The summed E-state index contributed by atoms with van der Waals surface area (Å²) in [6, 6.07) is 15.5. The van der Waals surface area contributed by atoms with Gasteiger partial charge in [-0.05, 0) is 49.6 Å². The lowest BCUT2D eigenvalue weighted by Crippen LogP contribution is -2.44. The summed E-state index contributed by atoms with van der Waals surface area (Å²) in [5.74, 6) is 2.89. The molecule has 1 unspecified atom stereocenters. The maximum absolute atomic E-state index is 9.41. The molecule has 0 amide bonds. The molecular formula is C24H34IN3O4. The molecule has 176 valence electrons. The number of aliphatic hydroxyl groups excluding tert-OH is 1. The van der Waals surface area contributed by atoms with Crippen molar-refractivity contribution in [1.29, 1.82) is 0 Å². The van der Waals surface area contributed by atoms with Crippen LogP contribution in [0.5, 0.6) is 17.2 Å². The van der Waals surface area contributed by atoms with E-state index < -0.39 is 0 Å². The van der Waals surface area contributed by atoms with Gasteiger partial charge in [0.2, 0.25) is 0 Å². The molecule has 32 heavy (non-hydrogen) atoms. The van der Waals surface area contributed by atoms with Crippen LogP contribution in [0, 0.1) is 5.41 Å². The lowest BCUT2D eigenvalue weighted by atomic mass is 9.84. The standard InChI is InChI=1S/C24H33N3O4.HI/c1-3-25-23(27-17-24(12-14-28)13-15-30-18-24)26-16-19-8-10-20(11-9-19)31-22-7-5-4-6-21(22)29-2;/h4-11,28H,3,12-18H2,1-2H3,(H2,25,26,27);1H. The normalized spacial score (nSPS) is 18.0. The van der Waals surface area contributed by atoms with Gasteiger partial charge in [0.15, 0.2) is 17.5 Å². The molecule has 7 nitrogen and oxygen atoms in total. The fourth-order valence-electron chi connectivity index (χ4n) is 3.59. The SMILES string of the molecule is CCNC(=NCc1ccc(Oc2ccccc2OC)cc1)NCC1(CCO)CCOC1.I. The monoisotopic (exact) mass is 555 g/mol. The van der Waals surface area contributed by atoms with E-state index in [4.69, 9.17) is 19.2 Å². The van der Waals surface area contributed by atoms with Gasteiger partial charge in [-0.1, -0.05) is 24.3 Å². The Morgan fingerprint density at radius 3 is 2.50 bits per heavy atom. The van der Waals surface area contributed by atoms with Gasteiger partial charge in [-0.3, -0.25) is 0 Å². The summed E-state index contributed by atoms with van der Waals surface area (Å²) >= 11 is 0. The number of nitrogens with zero attached hydrogens (tertiary/aromatic N) is 1. The van der Waals surface area contributed by atoms with Crippen molar-refractivity contribution in [2.75, 3.05) is 40.0 Å². The van der Waals surface area contributed by atoms with Crippen molar-refractivity contribution in [2.24, 2.45) is 10.4 Å². The Hall–Kier alpha value is -2.04. The van der Waals surface area contributed by atoms with Crippen LogP contribution in [0.25, 0.3) is 0 Å². The number of rotatable bonds is 10. The third kappa shape index (κ3) is 7.53. The van der Waals surface area contributed by atoms with Crippen LogP contribution in [-0.4, -0.2) is 51.1 Å². The van der Waals surface area contributed by atoms with Crippen molar-refractivity contribution < 1.29 is 19.3 Å². The largest absolute Gasteiger partial charge is 0.493 e. The van der Waals surface area contributed by atoms with Gasteiger partial charge in [0, 0.05) is 31.7 Å². The lowest BCUT2D eigenvalue weighted by molar-refractivity contribution is 0.127. The first-order chi connectivity index (χ1) is 15.2. The number of aliphatic imine (C=N–C) groups is 1. The number of para-hydroxylation sites is 2. The fraction of sp³-hybridized carbons (Fsp3) is 0.458. The minimum absolute atomic E-state index is 0. The Morgan fingerprint density at radius 1 is 1.12 bits per heavy atom. The van der Waals surface area contributed by atoms with E-state index in [1.165, 1.54) is 0 Å². The molecule has 0 aromatic heterocycles. The molecule has 0 bridgehead atoms. The van der Waals surface area contributed by atoms with E-state index in [0.717, 1.165) is 49.8 Å². The molecule has 0 aliphatic carbocycles. The quantitative estimate of drug-likeness (QED) is 0.234. The van der Waals surface area contributed by atoms with Gasteiger partial charge in [0.25, 0.3) is 0 Å². The topological polar surface area (TPSA) is 84.3 Å². The van der Waals surface area contributed by atoms with Crippen molar-refractivity contribution in [3.8, 4) is 17.2 Å². The van der Waals surface area contributed by atoms with Crippen LogP contribution in [0.15, 0.2) is 53.5 Å². The Balaban J connectivity index is 0.00000363. The molecule has 0 spiro atoms.